The number of unbranched alkanes of at least 4 members (excludes halogenated alkanes) is 1. The molecule has 0 unspecified atom stereocenters. The second-order valence-electron chi connectivity index (χ2n) is 10.1. The van der Waals surface area contributed by atoms with E-state index in [9.17, 15) is 24.0 Å². The lowest BCUT2D eigenvalue weighted by molar-refractivity contribution is -0.127. The van der Waals surface area contributed by atoms with E-state index in [0.717, 1.165) is 16.9 Å². The Kier molecular flexibility index (Phi) is 11.8. The third-order valence-corrected chi connectivity index (χ3v) is 7.88. The molecule has 1 aliphatic rings. The summed E-state index contributed by atoms with van der Waals surface area (Å²) in [7, 11) is 1.44. The molecule has 0 aliphatic carbocycles. The quantitative estimate of drug-likeness (QED) is 0.122. The summed E-state index contributed by atoms with van der Waals surface area (Å²) >= 11 is 6.83. The van der Waals surface area contributed by atoms with E-state index in [1.165, 1.54) is 31.4 Å². The molecule has 46 heavy (non-hydrogen) atoms. The molecule has 0 bridgehead atoms. The van der Waals surface area contributed by atoms with Crippen molar-refractivity contribution in [3.8, 4) is 11.5 Å². The van der Waals surface area contributed by atoms with E-state index >= 15 is 0 Å². The predicted octanol–water partition coefficient (Wildman–Crippen LogP) is 6.31. The second kappa shape index (κ2) is 16.0. The maximum atomic E-state index is 13.1. The van der Waals surface area contributed by atoms with Crippen LogP contribution in [0.15, 0.2) is 65.6 Å². The van der Waals surface area contributed by atoms with Gasteiger partial charge in [-0.25, -0.2) is 4.79 Å². The number of nitrogens with zero attached hydrogens (tertiary/aromatic N) is 1. The number of hydrogen-bond acceptors (Lipinski definition) is 9. The van der Waals surface area contributed by atoms with Gasteiger partial charge < -0.3 is 24.8 Å². The van der Waals surface area contributed by atoms with Crippen molar-refractivity contribution in [2.24, 2.45) is 0 Å². The van der Waals surface area contributed by atoms with Crippen LogP contribution in [0, 0.1) is 6.92 Å². The van der Waals surface area contributed by atoms with Gasteiger partial charge in [0.2, 0.25) is 5.91 Å². The molecule has 1 fully saturated rings. The predicted molar refractivity (Wildman–Crippen MR) is 176 cm³/mol. The van der Waals surface area contributed by atoms with Crippen LogP contribution in [0.4, 0.5) is 16.2 Å². The average Bonchev–Trinajstić information content (AvgIpc) is 3.29. The van der Waals surface area contributed by atoms with Crippen LogP contribution in [0.25, 0.3) is 6.08 Å². The van der Waals surface area contributed by atoms with Gasteiger partial charge in [-0.2, -0.15) is 0 Å². The number of halogens is 1. The normalized spacial score (nSPS) is 13.5. The fourth-order valence-corrected chi connectivity index (χ4v) is 5.25. The first kappa shape index (κ1) is 34.1. The first-order valence-electron chi connectivity index (χ1n) is 14.3. The highest BCUT2D eigenvalue weighted by molar-refractivity contribution is 8.18. The minimum Gasteiger partial charge on any atom is -0.493 e. The Morgan fingerprint density at radius 1 is 0.978 bits per heavy atom. The number of benzene rings is 3. The van der Waals surface area contributed by atoms with E-state index < -0.39 is 29.6 Å². The van der Waals surface area contributed by atoms with E-state index in [1.807, 2.05) is 32.0 Å². The number of thioether (sulfide) groups is 1. The third kappa shape index (κ3) is 8.89. The zero-order valence-electron chi connectivity index (χ0n) is 25.4. The lowest BCUT2D eigenvalue weighted by Gasteiger charge is -2.13. The van der Waals surface area contributed by atoms with Gasteiger partial charge in [0, 0.05) is 11.4 Å². The van der Waals surface area contributed by atoms with Gasteiger partial charge in [-0.3, -0.25) is 24.1 Å². The van der Waals surface area contributed by atoms with Crippen LogP contribution in [0.5, 0.6) is 11.5 Å². The Bertz CT molecular complexity index is 1690. The molecule has 1 aliphatic heterocycles. The molecule has 0 radical (unpaired) electrons. The van der Waals surface area contributed by atoms with E-state index in [2.05, 4.69) is 10.6 Å². The summed E-state index contributed by atoms with van der Waals surface area (Å²) in [5.41, 5.74) is 2.47. The molecule has 0 saturated carbocycles. The smallest absolute Gasteiger partial charge is 0.339 e. The number of nitrogens with one attached hydrogen (secondary N) is 2. The van der Waals surface area contributed by atoms with E-state index in [1.54, 1.807) is 24.3 Å². The number of esters is 1. The van der Waals surface area contributed by atoms with Gasteiger partial charge in [0.1, 0.15) is 6.54 Å². The topological polar surface area (TPSA) is 140 Å². The first-order valence-corrected chi connectivity index (χ1v) is 15.5. The van der Waals surface area contributed by atoms with Crippen LogP contribution >= 0.6 is 23.4 Å². The summed E-state index contributed by atoms with van der Waals surface area (Å²) in [4.78, 5) is 64.1. The molecule has 4 amide bonds. The number of methoxy groups -OCH3 is 1. The number of rotatable bonds is 13. The first-order chi connectivity index (χ1) is 22.1. The van der Waals surface area contributed by atoms with Gasteiger partial charge in [-0.15, -0.1) is 0 Å². The number of ether oxygens (including phenoxy) is 3. The summed E-state index contributed by atoms with van der Waals surface area (Å²) in [6.45, 7) is 3.29. The molecule has 3 aromatic rings. The molecule has 1 heterocycles. The van der Waals surface area contributed by atoms with Gasteiger partial charge in [0.25, 0.3) is 17.1 Å². The molecule has 13 heteroatoms. The van der Waals surface area contributed by atoms with Crippen LogP contribution in [-0.4, -0.2) is 60.7 Å². The van der Waals surface area contributed by atoms with Crippen molar-refractivity contribution >= 4 is 69.7 Å². The van der Waals surface area contributed by atoms with E-state index in [4.69, 9.17) is 25.8 Å². The minimum atomic E-state index is -0.647. The summed E-state index contributed by atoms with van der Waals surface area (Å²) in [5, 5.41) is 4.92. The Morgan fingerprint density at radius 2 is 1.76 bits per heavy atom. The zero-order chi connectivity index (χ0) is 33.2. The van der Waals surface area contributed by atoms with Gasteiger partial charge in [0.15, 0.2) is 18.1 Å². The second-order valence-corrected chi connectivity index (χ2v) is 11.5. The molecular weight excluding hydrogens is 634 g/mol. The van der Waals surface area contributed by atoms with Gasteiger partial charge in [0.05, 0.1) is 29.2 Å². The van der Waals surface area contributed by atoms with Crippen molar-refractivity contribution in [1.82, 2.24) is 4.90 Å². The highest BCUT2D eigenvalue weighted by Gasteiger charge is 2.36. The largest absolute Gasteiger partial charge is 0.493 e. The number of para-hydroxylation sites is 1. The van der Waals surface area contributed by atoms with E-state index in [0.29, 0.717) is 40.9 Å². The molecule has 0 aromatic heterocycles. The summed E-state index contributed by atoms with van der Waals surface area (Å²) < 4.78 is 16.3. The molecule has 240 valence electrons. The monoisotopic (exact) mass is 665 g/mol. The fourth-order valence-electron chi connectivity index (χ4n) is 4.21. The van der Waals surface area contributed by atoms with Crippen molar-refractivity contribution in [3.63, 3.8) is 0 Å². The standard InChI is InChI=1S/C33H32ClN3O8S/c1-4-5-14-44-32(41)23-17-22(11-12-24(23)34)35-29(38)18-37-31(40)28(46-33(37)42)16-21-10-13-26(27(15-21)43-3)45-19-30(39)36-25-9-7-6-8-20(25)2/h6-13,15-17H,4-5,14,18-19H2,1-3H3,(H,35,38)(H,36,39)/b28-16-. The minimum absolute atomic E-state index is 0.0852. The molecule has 2 N–H and O–H groups in total. The van der Waals surface area contributed by atoms with Crippen molar-refractivity contribution in [2.75, 3.05) is 37.5 Å². The van der Waals surface area contributed by atoms with Crippen molar-refractivity contribution < 1.29 is 38.2 Å². The van der Waals surface area contributed by atoms with Gasteiger partial charge in [-0.05, 0) is 78.7 Å². The molecular formula is C33H32ClN3O8S. The number of carbonyl (C=O) groups excluding carboxylic acids is 5. The Hall–Kier alpha value is -4.81. The van der Waals surface area contributed by atoms with Crippen molar-refractivity contribution in [2.45, 2.75) is 26.7 Å². The summed E-state index contributed by atoms with van der Waals surface area (Å²) in [6.07, 6.45) is 3.05. The molecule has 1 saturated heterocycles. The van der Waals surface area contributed by atoms with Crippen molar-refractivity contribution in [1.29, 1.82) is 0 Å². The Labute approximate surface area is 275 Å². The number of hydrogen-bond donors (Lipinski definition) is 2. The maximum absolute atomic E-state index is 13.1. The number of carbonyl (C=O) groups is 5. The fraction of sp³-hybridized carbons (Fsp3) is 0.242. The maximum Gasteiger partial charge on any atom is 0.339 e. The Morgan fingerprint density at radius 3 is 2.50 bits per heavy atom. The lowest BCUT2D eigenvalue weighted by atomic mass is 10.2. The number of amides is 4. The average molecular weight is 666 g/mol. The van der Waals surface area contributed by atoms with Crippen LogP contribution in [0.2, 0.25) is 5.02 Å². The molecule has 0 spiro atoms. The van der Waals surface area contributed by atoms with Crippen LogP contribution in [0.3, 0.4) is 0 Å². The SMILES string of the molecule is CCCCOC(=O)c1cc(NC(=O)CN2C(=O)S/C(=C\c3ccc(OCC(=O)Nc4ccccc4C)c(OC)c3)C2=O)ccc1Cl. The molecule has 0 atom stereocenters. The highest BCUT2D eigenvalue weighted by Crippen LogP contribution is 2.34. The van der Waals surface area contributed by atoms with Gasteiger partial charge >= 0.3 is 5.97 Å². The van der Waals surface area contributed by atoms with Crippen LogP contribution in [-0.2, 0) is 19.1 Å². The van der Waals surface area contributed by atoms with Gasteiger partial charge in [-0.1, -0.05) is 49.2 Å². The number of aryl methyl sites for hydroxylation is 1. The number of anilines is 2. The summed E-state index contributed by atoms with van der Waals surface area (Å²) in [6, 6.07) is 16.5. The van der Waals surface area contributed by atoms with E-state index in [-0.39, 0.29) is 40.3 Å². The number of imide groups is 1. The molecule has 3 aromatic carbocycles. The Balaban J connectivity index is 1.37. The lowest BCUT2D eigenvalue weighted by Crippen LogP contribution is -2.36. The highest BCUT2D eigenvalue weighted by atomic mass is 35.5. The van der Waals surface area contributed by atoms with Crippen LogP contribution in [0.1, 0.15) is 41.3 Å². The third-order valence-electron chi connectivity index (χ3n) is 6.64. The zero-order valence-corrected chi connectivity index (χ0v) is 27.0. The van der Waals surface area contributed by atoms with Crippen LogP contribution < -0.4 is 20.1 Å². The summed E-state index contributed by atoms with van der Waals surface area (Å²) in [5.74, 6) is -1.64. The molecule has 11 nitrogen and oxygen atoms in total. The molecule has 4 rings (SSSR count). The van der Waals surface area contributed by atoms with Crippen molar-refractivity contribution in [3.05, 3.63) is 87.3 Å².